The van der Waals surface area contributed by atoms with Crippen LogP contribution in [0.15, 0.2) is 175 Å². The topological polar surface area (TPSA) is 66.8 Å². The maximum atomic E-state index is 5.02. The van der Waals surface area contributed by atoms with Crippen LogP contribution in [0.25, 0.3) is 66.6 Å². The van der Waals surface area contributed by atoms with Gasteiger partial charge in [-0.15, -0.1) is 11.3 Å². The number of rotatable bonds is 6. The van der Waals surface area contributed by atoms with E-state index in [1.54, 1.807) is 11.3 Å². The van der Waals surface area contributed by atoms with Crippen molar-refractivity contribution >= 4 is 50.5 Å². The van der Waals surface area contributed by atoms with Gasteiger partial charge in [-0.2, -0.15) is 0 Å². The van der Waals surface area contributed by atoms with Gasteiger partial charge in [-0.05, 0) is 70.9 Å². The predicted molar refractivity (Wildman–Crippen MR) is 218 cm³/mol. The number of nitrogens with one attached hydrogen (secondary N) is 1. The zero-order valence-electron chi connectivity index (χ0n) is 28.4. The highest BCUT2D eigenvalue weighted by atomic mass is 32.1. The van der Waals surface area contributed by atoms with Crippen molar-refractivity contribution in [2.75, 3.05) is 10.2 Å². The fourth-order valence-corrected chi connectivity index (χ4v) is 7.75. The lowest BCUT2D eigenvalue weighted by Gasteiger charge is -2.34. The molecule has 7 heteroatoms. The van der Waals surface area contributed by atoms with Crippen LogP contribution < -0.4 is 10.2 Å². The van der Waals surface area contributed by atoms with Crippen molar-refractivity contribution in [2.24, 2.45) is 0 Å². The van der Waals surface area contributed by atoms with E-state index < -0.39 is 0 Å². The van der Waals surface area contributed by atoms with Crippen molar-refractivity contribution in [2.45, 2.75) is 0 Å². The molecule has 1 aliphatic heterocycles. The average molecular weight is 699 g/mol. The van der Waals surface area contributed by atoms with Crippen LogP contribution >= 0.6 is 11.3 Å². The van der Waals surface area contributed by atoms with Crippen LogP contribution in [-0.2, 0) is 0 Å². The van der Waals surface area contributed by atoms with Gasteiger partial charge < -0.3 is 10.2 Å². The molecule has 9 aromatic rings. The third kappa shape index (κ3) is 5.69. The Hall–Kier alpha value is -6.96. The number of benzene rings is 6. The lowest BCUT2D eigenvalue weighted by molar-refractivity contribution is 1.07. The van der Waals surface area contributed by atoms with E-state index in [9.17, 15) is 0 Å². The van der Waals surface area contributed by atoms with Gasteiger partial charge in [0.25, 0.3) is 0 Å². The van der Waals surface area contributed by atoms with E-state index in [0.717, 1.165) is 67.3 Å². The van der Waals surface area contributed by atoms with Crippen molar-refractivity contribution in [3.8, 4) is 55.9 Å². The third-order valence-electron chi connectivity index (χ3n) is 9.56. The van der Waals surface area contributed by atoms with E-state index in [2.05, 4.69) is 119 Å². The van der Waals surface area contributed by atoms with Gasteiger partial charge in [-0.1, -0.05) is 109 Å². The minimum Gasteiger partial charge on any atom is -0.352 e. The van der Waals surface area contributed by atoms with Gasteiger partial charge in [0.15, 0.2) is 17.5 Å². The predicted octanol–water partition coefficient (Wildman–Crippen LogP) is 12.3. The number of nitrogens with zero attached hydrogens (tertiary/aromatic N) is 5. The summed E-state index contributed by atoms with van der Waals surface area (Å²) < 4.78 is 0. The summed E-state index contributed by atoms with van der Waals surface area (Å²) in [4.78, 5) is 23.3. The lowest BCUT2D eigenvalue weighted by Crippen LogP contribution is -2.18. The molecule has 0 radical (unpaired) electrons. The summed E-state index contributed by atoms with van der Waals surface area (Å²) in [5, 5.41) is 8.20. The van der Waals surface area contributed by atoms with Gasteiger partial charge in [0.2, 0.25) is 0 Å². The van der Waals surface area contributed by atoms with Crippen LogP contribution in [0.5, 0.6) is 0 Å². The molecule has 4 heterocycles. The summed E-state index contributed by atoms with van der Waals surface area (Å²) in [5.74, 6) is 1.87. The highest BCUT2D eigenvalue weighted by Gasteiger charge is 2.26. The molecule has 0 saturated carbocycles. The Morgan fingerprint density at radius 1 is 0.472 bits per heavy atom. The molecule has 6 aromatic carbocycles. The Labute approximate surface area is 310 Å². The molecule has 53 heavy (non-hydrogen) atoms. The monoisotopic (exact) mass is 698 g/mol. The van der Waals surface area contributed by atoms with Gasteiger partial charge in [-0.3, -0.25) is 4.98 Å². The first-order valence-electron chi connectivity index (χ1n) is 17.5. The number of thiophene rings is 1. The fraction of sp³-hybridized carbons (Fsp3) is 0. The Bertz CT molecular complexity index is 2700. The Balaban J connectivity index is 1.13. The summed E-state index contributed by atoms with van der Waals surface area (Å²) >= 11 is 1.74. The molecular weight excluding hydrogens is 669 g/mol. The minimum atomic E-state index is 0.607. The van der Waals surface area contributed by atoms with Gasteiger partial charge in [0.1, 0.15) is 0 Å². The minimum absolute atomic E-state index is 0.607. The van der Waals surface area contributed by atoms with Crippen molar-refractivity contribution in [3.63, 3.8) is 0 Å². The second-order valence-corrected chi connectivity index (χ2v) is 13.8. The molecule has 6 nitrogen and oxygen atoms in total. The molecule has 0 atom stereocenters. The van der Waals surface area contributed by atoms with Crippen LogP contribution in [-0.4, -0.2) is 19.9 Å². The van der Waals surface area contributed by atoms with E-state index in [1.807, 2.05) is 66.9 Å². The van der Waals surface area contributed by atoms with Crippen LogP contribution in [0.1, 0.15) is 0 Å². The standard InChI is InChI=1S/C46H30N6S/c1-3-12-31(13-4-1)44-49-45(32-14-5-2-6-15-32)51-46(50-44)35-21-23-41-39(29-35)48-38-28-33(42-19-10-26-53-42)20-22-40(38)52(41)36-17-9-16-34(27-36)43-37-18-8-7-11-30(37)24-25-47-43/h1-29,48H. The molecule has 1 N–H and O–H groups in total. The summed E-state index contributed by atoms with van der Waals surface area (Å²) in [6.07, 6.45) is 1.89. The van der Waals surface area contributed by atoms with E-state index in [4.69, 9.17) is 19.9 Å². The third-order valence-corrected chi connectivity index (χ3v) is 10.5. The molecule has 1 aliphatic rings. The molecule has 10 rings (SSSR count). The molecule has 3 aromatic heterocycles. The van der Waals surface area contributed by atoms with Crippen molar-refractivity contribution in [1.82, 2.24) is 19.9 Å². The van der Waals surface area contributed by atoms with Gasteiger partial charge >= 0.3 is 0 Å². The molecule has 0 unspecified atom stereocenters. The van der Waals surface area contributed by atoms with Crippen LogP contribution in [0.2, 0.25) is 0 Å². The van der Waals surface area contributed by atoms with Gasteiger partial charge in [-0.25, -0.2) is 15.0 Å². The SMILES string of the molecule is c1ccc(-c2nc(-c3ccccc3)nc(-c3ccc4c(c3)Nc3cc(-c5cccs5)ccc3N4c3cccc(-c4nccc5ccccc45)c3)n2)cc1. The van der Waals surface area contributed by atoms with E-state index >= 15 is 0 Å². The first kappa shape index (κ1) is 30.8. The first-order valence-corrected chi connectivity index (χ1v) is 18.3. The fourth-order valence-electron chi connectivity index (χ4n) is 7.03. The largest absolute Gasteiger partial charge is 0.352 e. The summed E-state index contributed by atoms with van der Waals surface area (Å²) in [6, 6.07) is 56.6. The number of hydrogen-bond acceptors (Lipinski definition) is 7. The second kappa shape index (κ2) is 13.0. The van der Waals surface area contributed by atoms with Gasteiger partial charge in [0.05, 0.1) is 28.4 Å². The quantitative estimate of drug-likeness (QED) is 0.186. The number of fused-ring (bicyclic) bond motifs is 3. The Morgan fingerprint density at radius 2 is 1.09 bits per heavy atom. The smallest absolute Gasteiger partial charge is 0.164 e. The van der Waals surface area contributed by atoms with Crippen LogP contribution in [0.4, 0.5) is 28.4 Å². The normalized spacial score (nSPS) is 11.9. The molecule has 0 aliphatic carbocycles. The molecule has 0 saturated heterocycles. The summed E-state index contributed by atoms with van der Waals surface area (Å²) in [7, 11) is 0. The number of hydrogen-bond donors (Lipinski definition) is 1. The van der Waals surface area contributed by atoms with E-state index in [-0.39, 0.29) is 0 Å². The molecule has 0 amide bonds. The van der Waals surface area contributed by atoms with Crippen molar-refractivity contribution in [3.05, 3.63) is 175 Å². The molecule has 0 spiro atoms. The van der Waals surface area contributed by atoms with E-state index in [0.29, 0.717) is 17.5 Å². The van der Waals surface area contributed by atoms with Crippen LogP contribution in [0, 0.1) is 0 Å². The Kier molecular flexibility index (Phi) is 7.55. The molecule has 250 valence electrons. The maximum absolute atomic E-state index is 5.02. The summed E-state index contributed by atoms with van der Waals surface area (Å²) in [5.41, 5.74) is 11.0. The summed E-state index contributed by atoms with van der Waals surface area (Å²) in [6.45, 7) is 0. The number of pyridine rings is 1. The van der Waals surface area contributed by atoms with Gasteiger partial charge in [0, 0.05) is 44.4 Å². The highest BCUT2D eigenvalue weighted by Crippen LogP contribution is 2.50. The maximum Gasteiger partial charge on any atom is 0.164 e. The number of aromatic nitrogens is 4. The first-order chi connectivity index (χ1) is 26.2. The lowest BCUT2D eigenvalue weighted by atomic mass is 10.0. The molecule has 0 fully saturated rings. The highest BCUT2D eigenvalue weighted by molar-refractivity contribution is 7.13. The second-order valence-electron chi connectivity index (χ2n) is 12.9. The zero-order chi connectivity index (χ0) is 35.1. The van der Waals surface area contributed by atoms with Crippen LogP contribution in [0.3, 0.4) is 0 Å². The zero-order valence-corrected chi connectivity index (χ0v) is 29.2. The van der Waals surface area contributed by atoms with Crippen molar-refractivity contribution < 1.29 is 0 Å². The Morgan fingerprint density at radius 3 is 1.79 bits per heavy atom. The number of anilines is 5. The van der Waals surface area contributed by atoms with Crippen molar-refractivity contribution in [1.29, 1.82) is 0 Å². The molecule has 0 bridgehead atoms. The van der Waals surface area contributed by atoms with E-state index in [1.165, 1.54) is 10.3 Å². The average Bonchev–Trinajstić information content (AvgIpc) is 3.78. The molecular formula is C46H30N6S.